The van der Waals surface area contributed by atoms with Crippen molar-refractivity contribution in [2.75, 3.05) is 27.2 Å². The number of rotatable bonds is 5. The highest BCUT2D eigenvalue weighted by Crippen LogP contribution is 2.21. The Kier molecular flexibility index (Phi) is 5.40. The fourth-order valence-electron chi connectivity index (χ4n) is 2.47. The number of hydrogen-bond acceptors (Lipinski definition) is 3. The third kappa shape index (κ3) is 3.68. The van der Waals surface area contributed by atoms with Crippen molar-refractivity contribution < 1.29 is 9.90 Å². The quantitative estimate of drug-likeness (QED) is 0.780. The van der Waals surface area contributed by atoms with Crippen LogP contribution in [0, 0.1) is 5.92 Å². The lowest BCUT2D eigenvalue weighted by atomic mass is 10.0. The van der Waals surface area contributed by atoms with Crippen LogP contribution in [-0.2, 0) is 4.79 Å². The number of aliphatic hydroxyl groups excluding tert-OH is 1. The first-order chi connectivity index (χ1) is 7.97. The number of amides is 1. The minimum absolute atomic E-state index is 0.00671. The number of carbonyl (C=O) groups excluding carboxylic acids is 1. The molecule has 3 atom stereocenters. The summed E-state index contributed by atoms with van der Waals surface area (Å²) in [6.45, 7) is 5.42. The first-order valence-electron chi connectivity index (χ1n) is 6.60. The zero-order valence-electron chi connectivity index (χ0n) is 11.5. The van der Waals surface area contributed by atoms with Gasteiger partial charge in [-0.1, -0.05) is 13.3 Å². The van der Waals surface area contributed by atoms with Crippen molar-refractivity contribution in [2.24, 2.45) is 5.92 Å². The number of nitrogens with zero attached hydrogens (tertiary/aromatic N) is 2. The van der Waals surface area contributed by atoms with E-state index in [1.807, 2.05) is 30.8 Å². The van der Waals surface area contributed by atoms with Crippen LogP contribution in [0.15, 0.2) is 0 Å². The summed E-state index contributed by atoms with van der Waals surface area (Å²) in [5.41, 5.74) is 0. The van der Waals surface area contributed by atoms with Gasteiger partial charge in [0.1, 0.15) is 0 Å². The summed E-state index contributed by atoms with van der Waals surface area (Å²) >= 11 is 0. The van der Waals surface area contributed by atoms with Gasteiger partial charge in [-0.25, -0.2) is 0 Å². The molecule has 0 aromatic rings. The summed E-state index contributed by atoms with van der Waals surface area (Å²) in [5.74, 6) is 0.475. The molecule has 4 nitrogen and oxygen atoms in total. The molecule has 1 rings (SSSR count). The van der Waals surface area contributed by atoms with Crippen molar-refractivity contribution >= 4 is 5.91 Å². The Hall–Kier alpha value is -0.610. The molecule has 1 fully saturated rings. The molecule has 0 saturated carbocycles. The van der Waals surface area contributed by atoms with Gasteiger partial charge < -0.3 is 10.0 Å². The maximum absolute atomic E-state index is 12.3. The lowest BCUT2D eigenvalue weighted by molar-refractivity contribution is -0.135. The van der Waals surface area contributed by atoms with Crippen LogP contribution < -0.4 is 0 Å². The fourth-order valence-corrected chi connectivity index (χ4v) is 2.47. The lowest BCUT2D eigenvalue weighted by Gasteiger charge is -2.28. The summed E-state index contributed by atoms with van der Waals surface area (Å²) in [7, 11) is 3.92. The van der Waals surface area contributed by atoms with E-state index >= 15 is 0 Å². The van der Waals surface area contributed by atoms with Crippen molar-refractivity contribution in [2.45, 2.75) is 45.3 Å². The van der Waals surface area contributed by atoms with Gasteiger partial charge in [-0.2, -0.15) is 0 Å². The molecule has 1 amide bonds. The smallest absolute Gasteiger partial charge is 0.239 e. The van der Waals surface area contributed by atoms with Crippen LogP contribution in [0.25, 0.3) is 0 Å². The van der Waals surface area contributed by atoms with Gasteiger partial charge in [-0.15, -0.1) is 0 Å². The van der Waals surface area contributed by atoms with Gasteiger partial charge >= 0.3 is 0 Å². The molecule has 0 spiro atoms. The first-order valence-corrected chi connectivity index (χ1v) is 6.60. The molecule has 100 valence electrons. The van der Waals surface area contributed by atoms with Gasteiger partial charge in [0.05, 0.1) is 12.1 Å². The van der Waals surface area contributed by atoms with Crippen LogP contribution in [0.4, 0.5) is 0 Å². The number of likely N-dealkylation sites (tertiary alicyclic amines) is 1. The van der Waals surface area contributed by atoms with Crippen molar-refractivity contribution in [3.05, 3.63) is 0 Å². The molecule has 0 aliphatic carbocycles. The number of carbonyl (C=O) groups is 1. The molecule has 3 unspecified atom stereocenters. The second-order valence-corrected chi connectivity index (χ2v) is 5.34. The highest BCUT2D eigenvalue weighted by Gasteiger charge is 2.32. The van der Waals surface area contributed by atoms with Crippen LogP contribution in [0.5, 0.6) is 0 Å². The van der Waals surface area contributed by atoms with Crippen LogP contribution in [-0.4, -0.2) is 60.1 Å². The van der Waals surface area contributed by atoms with Crippen LogP contribution >= 0.6 is 0 Å². The Morgan fingerprint density at radius 2 is 2.18 bits per heavy atom. The average molecular weight is 242 g/mol. The fraction of sp³-hybridized carbons (Fsp3) is 0.923. The van der Waals surface area contributed by atoms with E-state index in [1.54, 1.807) is 0 Å². The molecule has 1 aliphatic heterocycles. The Morgan fingerprint density at radius 3 is 2.59 bits per heavy atom. The summed E-state index contributed by atoms with van der Waals surface area (Å²) < 4.78 is 0. The minimum Gasteiger partial charge on any atom is -0.393 e. The van der Waals surface area contributed by atoms with Crippen molar-refractivity contribution in [1.82, 2.24) is 9.80 Å². The van der Waals surface area contributed by atoms with Gasteiger partial charge in [0.25, 0.3) is 0 Å². The summed E-state index contributed by atoms with van der Waals surface area (Å²) in [5, 5.41) is 9.55. The summed E-state index contributed by atoms with van der Waals surface area (Å²) in [4.78, 5) is 16.3. The molecule has 1 heterocycles. The van der Waals surface area contributed by atoms with E-state index < -0.39 is 0 Å². The minimum atomic E-state index is -0.309. The SMILES string of the molecule is CCCC(C(=O)N1CCC(C(C)O)C1)N(C)C. The zero-order valence-corrected chi connectivity index (χ0v) is 11.5. The monoisotopic (exact) mass is 242 g/mol. The van der Waals surface area contributed by atoms with Gasteiger partial charge in [-0.05, 0) is 33.9 Å². The van der Waals surface area contributed by atoms with E-state index in [1.165, 1.54) is 0 Å². The molecule has 1 N–H and O–H groups in total. The van der Waals surface area contributed by atoms with E-state index in [2.05, 4.69) is 6.92 Å². The standard InChI is InChI=1S/C13H26N2O2/c1-5-6-12(14(3)4)13(17)15-8-7-11(9-15)10(2)16/h10-12,16H,5-9H2,1-4H3. The second kappa shape index (κ2) is 6.36. The highest BCUT2D eigenvalue weighted by atomic mass is 16.3. The van der Waals surface area contributed by atoms with E-state index in [4.69, 9.17) is 0 Å². The molecule has 0 aromatic carbocycles. The Labute approximate surface area is 105 Å². The second-order valence-electron chi connectivity index (χ2n) is 5.34. The number of likely N-dealkylation sites (N-methyl/N-ethyl adjacent to an activating group) is 1. The van der Waals surface area contributed by atoms with E-state index in [9.17, 15) is 9.90 Å². The molecule has 4 heteroatoms. The van der Waals surface area contributed by atoms with Gasteiger partial charge in [0.2, 0.25) is 5.91 Å². The normalized spacial score (nSPS) is 24.1. The molecule has 1 saturated heterocycles. The molecular weight excluding hydrogens is 216 g/mol. The third-order valence-corrected chi connectivity index (χ3v) is 3.69. The Balaban J connectivity index is 2.57. The summed E-state index contributed by atoms with van der Waals surface area (Å²) in [6, 6.07) is -0.00671. The third-order valence-electron chi connectivity index (χ3n) is 3.69. The van der Waals surface area contributed by atoms with Crippen molar-refractivity contribution in [3.8, 4) is 0 Å². The molecule has 0 bridgehead atoms. The Bertz CT molecular complexity index is 254. The predicted molar refractivity (Wildman–Crippen MR) is 68.8 cm³/mol. The maximum Gasteiger partial charge on any atom is 0.239 e. The van der Waals surface area contributed by atoms with Crippen LogP contribution in [0.1, 0.15) is 33.1 Å². The predicted octanol–water partition coefficient (Wildman–Crippen LogP) is 0.946. The van der Waals surface area contributed by atoms with Gasteiger partial charge in [0, 0.05) is 19.0 Å². The zero-order chi connectivity index (χ0) is 13.0. The number of aliphatic hydroxyl groups is 1. The maximum atomic E-state index is 12.3. The number of hydrogen-bond donors (Lipinski definition) is 1. The largest absolute Gasteiger partial charge is 0.393 e. The topological polar surface area (TPSA) is 43.8 Å². The molecule has 0 aromatic heterocycles. The summed E-state index contributed by atoms with van der Waals surface area (Å²) in [6.07, 6.45) is 2.54. The van der Waals surface area contributed by atoms with E-state index in [0.29, 0.717) is 6.54 Å². The Morgan fingerprint density at radius 1 is 1.53 bits per heavy atom. The lowest BCUT2D eigenvalue weighted by Crippen LogP contribution is -2.45. The first kappa shape index (κ1) is 14.5. The molecule has 17 heavy (non-hydrogen) atoms. The van der Waals surface area contributed by atoms with Gasteiger partial charge in [0.15, 0.2) is 0 Å². The van der Waals surface area contributed by atoms with Crippen LogP contribution in [0.2, 0.25) is 0 Å². The molecule has 1 aliphatic rings. The van der Waals surface area contributed by atoms with E-state index in [-0.39, 0.29) is 24.0 Å². The van der Waals surface area contributed by atoms with Crippen LogP contribution in [0.3, 0.4) is 0 Å². The highest BCUT2D eigenvalue weighted by molar-refractivity contribution is 5.82. The van der Waals surface area contributed by atoms with Crippen molar-refractivity contribution in [3.63, 3.8) is 0 Å². The van der Waals surface area contributed by atoms with Gasteiger partial charge in [-0.3, -0.25) is 9.69 Å². The molecular formula is C13H26N2O2. The molecule has 0 radical (unpaired) electrons. The average Bonchev–Trinajstić information content (AvgIpc) is 2.73. The van der Waals surface area contributed by atoms with Crippen molar-refractivity contribution in [1.29, 1.82) is 0 Å². The van der Waals surface area contributed by atoms with E-state index in [0.717, 1.165) is 25.8 Å².